The fourth-order valence-corrected chi connectivity index (χ4v) is 0.874. The van der Waals surface area contributed by atoms with Crippen LogP contribution in [0.5, 0.6) is 0 Å². The highest BCUT2D eigenvalue weighted by Crippen LogP contribution is 2.33. The van der Waals surface area contributed by atoms with Gasteiger partial charge in [-0.15, -0.1) is 0 Å². The Balaban J connectivity index is 2.86. The van der Waals surface area contributed by atoms with Crippen LogP contribution in [0.25, 0.3) is 0 Å². The lowest BCUT2D eigenvalue weighted by Gasteiger charge is -2.14. The predicted octanol–water partition coefficient (Wildman–Crippen LogP) is 3.17. The first-order valence-corrected chi connectivity index (χ1v) is 3.46. The highest BCUT2D eigenvalue weighted by atomic mass is 19.4. The Morgan fingerprint density at radius 2 is 1.58 bits per heavy atom. The topological polar surface area (TPSA) is 0 Å². The molecule has 1 aromatic carbocycles. The van der Waals surface area contributed by atoms with Crippen LogP contribution in [0.3, 0.4) is 0 Å². The molecule has 0 bridgehead atoms. The second kappa shape index (κ2) is 3.17. The van der Waals surface area contributed by atoms with Gasteiger partial charge in [-0.25, -0.2) is 0 Å². The van der Waals surface area contributed by atoms with Crippen LogP contribution >= 0.6 is 0 Å². The third-order valence-electron chi connectivity index (χ3n) is 1.60. The smallest absolute Gasteiger partial charge is 0.170 e. The maximum absolute atomic E-state index is 12.1. The van der Waals surface area contributed by atoms with Gasteiger partial charge in [-0.2, -0.15) is 13.2 Å². The summed E-state index contributed by atoms with van der Waals surface area (Å²) in [5, 5.41) is 0. The van der Waals surface area contributed by atoms with E-state index in [9.17, 15) is 13.2 Å². The molecule has 1 unspecified atom stereocenters. The average Bonchev–Trinajstić information content (AvgIpc) is 2.03. The molecular weight excluding hydrogens is 165 g/mol. The van der Waals surface area contributed by atoms with Gasteiger partial charge in [0.1, 0.15) is 0 Å². The van der Waals surface area contributed by atoms with Crippen molar-refractivity contribution >= 4 is 0 Å². The van der Waals surface area contributed by atoms with E-state index in [1.165, 1.54) is 12.1 Å². The lowest BCUT2D eigenvalue weighted by atomic mass is 10.0. The van der Waals surface area contributed by atoms with Crippen LogP contribution in [0.4, 0.5) is 13.2 Å². The number of rotatable bonds is 1. The fourth-order valence-electron chi connectivity index (χ4n) is 0.874. The number of halogens is 3. The SMILES string of the molecule is [CH2]C(c1ccccc1)C(F)(F)F. The molecule has 0 nitrogen and oxygen atoms in total. The molecule has 0 N–H and O–H groups in total. The summed E-state index contributed by atoms with van der Waals surface area (Å²) in [4.78, 5) is 0. The van der Waals surface area contributed by atoms with E-state index in [4.69, 9.17) is 0 Å². The largest absolute Gasteiger partial charge is 0.395 e. The lowest BCUT2D eigenvalue weighted by Crippen LogP contribution is -2.17. The molecule has 12 heavy (non-hydrogen) atoms. The summed E-state index contributed by atoms with van der Waals surface area (Å²) in [6.45, 7) is 3.05. The maximum atomic E-state index is 12.1. The first kappa shape index (κ1) is 9.10. The highest BCUT2D eigenvalue weighted by molar-refractivity contribution is 5.21. The number of benzene rings is 1. The maximum Gasteiger partial charge on any atom is 0.395 e. The van der Waals surface area contributed by atoms with Crippen molar-refractivity contribution in [3.8, 4) is 0 Å². The van der Waals surface area contributed by atoms with Crippen LogP contribution in [0, 0.1) is 6.92 Å². The Labute approximate surface area is 69.0 Å². The van der Waals surface area contributed by atoms with Gasteiger partial charge in [0.15, 0.2) is 0 Å². The first-order chi connectivity index (χ1) is 5.52. The van der Waals surface area contributed by atoms with E-state index in [0.717, 1.165) is 0 Å². The number of alkyl halides is 3. The molecule has 0 heterocycles. The Morgan fingerprint density at radius 1 is 1.08 bits per heavy atom. The summed E-state index contributed by atoms with van der Waals surface area (Å²) in [5.41, 5.74) is 0.199. The van der Waals surface area contributed by atoms with Gasteiger partial charge in [0.05, 0.1) is 5.92 Å². The van der Waals surface area contributed by atoms with Gasteiger partial charge in [-0.3, -0.25) is 0 Å². The van der Waals surface area contributed by atoms with Crippen molar-refractivity contribution in [2.24, 2.45) is 0 Å². The van der Waals surface area contributed by atoms with Gasteiger partial charge >= 0.3 is 6.18 Å². The Bertz CT molecular complexity index is 238. The van der Waals surface area contributed by atoms with Gasteiger partial charge in [-0.1, -0.05) is 30.3 Å². The molecule has 65 valence electrons. The predicted molar refractivity (Wildman–Crippen MR) is 40.6 cm³/mol. The molecule has 0 amide bonds. The minimum atomic E-state index is -4.25. The van der Waals surface area contributed by atoms with Crippen LogP contribution in [0.15, 0.2) is 30.3 Å². The fraction of sp³-hybridized carbons (Fsp3) is 0.222. The van der Waals surface area contributed by atoms with Crippen molar-refractivity contribution in [2.75, 3.05) is 0 Å². The third-order valence-corrected chi connectivity index (χ3v) is 1.60. The molecule has 1 aromatic rings. The second-order valence-corrected chi connectivity index (χ2v) is 2.50. The van der Waals surface area contributed by atoms with E-state index < -0.39 is 12.1 Å². The lowest BCUT2D eigenvalue weighted by molar-refractivity contribution is -0.140. The standard InChI is InChI=1S/C9H8F3/c1-7(9(10,11)12)8-5-3-2-4-6-8/h2-7H,1H2. The minimum absolute atomic E-state index is 0.199. The van der Waals surface area contributed by atoms with Crippen molar-refractivity contribution in [1.29, 1.82) is 0 Å². The number of hydrogen-bond donors (Lipinski definition) is 0. The van der Waals surface area contributed by atoms with Crippen LogP contribution in [0.2, 0.25) is 0 Å². The van der Waals surface area contributed by atoms with Crippen LogP contribution in [-0.4, -0.2) is 6.18 Å². The Kier molecular flexibility index (Phi) is 2.40. The molecule has 0 aromatic heterocycles. The molecule has 1 atom stereocenters. The quantitative estimate of drug-likeness (QED) is 0.611. The van der Waals surface area contributed by atoms with Gasteiger partial charge in [0, 0.05) is 0 Å². The number of hydrogen-bond acceptors (Lipinski definition) is 0. The van der Waals surface area contributed by atoms with Crippen molar-refractivity contribution < 1.29 is 13.2 Å². The van der Waals surface area contributed by atoms with E-state index in [1.54, 1.807) is 18.2 Å². The summed E-state index contributed by atoms with van der Waals surface area (Å²) >= 11 is 0. The Hall–Kier alpha value is -0.990. The van der Waals surface area contributed by atoms with Crippen LogP contribution in [0.1, 0.15) is 11.5 Å². The van der Waals surface area contributed by atoms with E-state index in [-0.39, 0.29) is 5.56 Å². The highest BCUT2D eigenvalue weighted by Gasteiger charge is 2.36. The summed E-state index contributed by atoms with van der Waals surface area (Å²) in [6, 6.07) is 7.65. The zero-order valence-corrected chi connectivity index (χ0v) is 6.31. The van der Waals surface area contributed by atoms with E-state index in [1.807, 2.05) is 0 Å². The molecule has 0 spiro atoms. The van der Waals surface area contributed by atoms with Gasteiger partial charge in [0.2, 0.25) is 0 Å². The second-order valence-electron chi connectivity index (χ2n) is 2.50. The van der Waals surface area contributed by atoms with Gasteiger partial charge in [0.25, 0.3) is 0 Å². The Morgan fingerprint density at radius 3 is 2.00 bits per heavy atom. The third kappa shape index (κ3) is 2.00. The van der Waals surface area contributed by atoms with Gasteiger partial charge < -0.3 is 0 Å². The minimum Gasteiger partial charge on any atom is -0.170 e. The van der Waals surface area contributed by atoms with E-state index in [0.29, 0.717) is 0 Å². The van der Waals surface area contributed by atoms with Crippen molar-refractivity contribution in [3.63, 3.8) is 0 Å². The van der Waals surface area contributed by atoms with Crippen LogP contribution < -0.4 is 0 Å². The van der Waals surface area contributed by atoms with Crippen LogP contribution in [-0.2, 0) is 0 Å². The molecule has 0 saturated carbocycles. The summed E-state index contributed by atoms with van der Waals surface area (Å²) < 4.78 is 36.2. The molecule has 0 saturated heterocycles. The summed E-state index contributed by atoms with van der Waals surface area (Å²) in [5.74, 6) is -1.63. The molecule has 0 fully saturated rings. The van der Waals surface area contributed by atoms with Crippen molar-refractivity contribution in [2.45, 2.75) is 12.1 Å². The summed E-state index contributed by atoms with van der Waals surface area (Å²) in [6.07, 6.45) is -4.25. The summed E-state index contributed by atoms with van der Waals surface area (Å²) in [7, 11) is 0. The van der Waals surface area contributed by atoms with Gasteiger partial charge in [-0.05, 0) is 12.5 Å². The molecule has 1 rings (SSSR count). The molecule has 0 aliphatic heterocycles. The molecule has 3 heteroatoms. The monoisotopic (exact) mass is 173 g/mol. The zero-order chi connectivity index (χ0) is 9.19. The molecule has 1 radical (unpaired) electrons. The van der Waals surface area contributed by atoms with E-state index >= 15 is 0 Å². The molecule has 0 aliphatic rings. The van der Waals surface area contributed by atoms with Crippen molar-refractivity contribution in [1.82, 2.24) is 0 Å². The normalized spacial score (nSPS) is 14.3. The molecule has 0 aliphatic carbocycles. The zero-order valence-electron chi connectivity index (χ0n) is 6.31. The molecular formula is C9H8F3. The van der Waals surface area contributed by atoms with Crippen molar-refractivity contribution in [3.05, 3.63) is 42.8 Å². The average molecular weight is 173 g/mol. The van der Waals surface area contributed by atoms with E-state index in [2.05, 4.69) is 6.92 Å². The first-order valence-electron chi connectivity index (χ1n) is 3.46.